The van der Waals surface area contributed by atoms with Gasteiger partial charge < -0.3 is 10.1 Å². The van der Waals surface area contributed by atoms with E-state index in [0.29, 0.717) is 49.9 Å². The van der Waals surface area contributed by atoms with E-state index in [9.17, 15) is 13.2 Å². The van der Waals surface area contributed by atoms with E-state index in [-0.39, 0.29) is 11.8 Å². The molecule has 1 amide bonds. The van der Waals surface area contributed by atoms with Gasteiger partial charge in [-0.05, 0) is 55.5 Å². The first kappa shape index (κ1) is 24.9. The zero-order chi connectivity index (χ0) is 24.8. The third kappa shape index (κ3) is 6.26. The molecule has 1 aromatic heterocycles. The number of rotatable bonds is 8. The molecule has 2 aromatic carbocycles. The number of benzene rings is 2. The van der Waals surface area contributed by atoms with Crippen LogP contribution in [0.5, 0.6) is 5.88 Å². The summed E-state index contributed by atoms with van der Waals surface area (Å²) in [4.78, 5) is 17.3. The number of hydrogen-bond donors (Lipinski definition) is 1. The molecule has 1 aliphatic rings. The highest BCUT2D eigenvalue weighted by molar-refractivity contribution is 7.89. The van der Waals surface area contributed by atoms with Crippen LogP contribution < -0.4 is 10.1 Å². The van der Waals surface area contributed by atoms with E-state index in [1.54, 1.807) is 12.3 Å². The van der Waals surface area contributed by atoms with Crippen LogP contribution in [0.25, 0.3) is 0 Å². The number of pyridine rings is 1. The summed E-state index contributed by atoms with van der Waals surface area (Å²) >= 11 is 0. The number of aryl methyl sites for hydroxylation is 2. The van der Waals surface area contributed by atoms with Gasteiger partial charge in [-0.1, -0.05) is 48.0 Å². The minimum Gasteiger partial charge on any atom is -0.473 e. The molecule has 0 aliphatic carbocycles. The number of piperidine rings is 1. The van der Waals surface area contributed by atoms with Crippen molar-refractivity contribution in [2.24, 2.45) is 5.92 Å². The highest BCUT2D eigenvalue weighted by Gasteiger charge is 2.32. The van der Waals surface area contributed by atoms with E-state index < -0.39 is 10.0 Å². The summed E-state index contributed by atoms with van der Waals surface area (Å²) < 4.78 is 33.4. The third-order valence-electron chi connectivity index (χ3n) is 6.27. The molecule has 7 nitrogen and oxygen atoms in total. The van der Waals surface area contributed by atoms with Crippen LogP contribution in [-0.4, -0.2) is 36.7 Å². The van der Waals surface area contributed by atoms with Gasteiger partial charge in [-0.15, -0.1) is 0 Å². The molecule has 0 unspecified atom stereocenters. The Morgan fingerprint density at radius 2 is 1.77 bits per heavy atom. The lowest BCUT2D eigenvalue weighted by atomic mass is 9.97. The molecule has 1 N–H and O–H groups in total. The quantitative estimate of drug-likeness (QED) is 0.513. The number of sulfonamides is 1. The molecular formula is C27H31N3O4S. The van der Waals surface area contributed by atoms with Gasteiger partial charge in [0.05, 0.1) is 4.90 Å². The highest BCUT2D eigenvalue weighted by atomic mass is 32.2. The molecule has 0 saturated carbocycles. The van der Waals surface area contributed by atoms with Crippen LogP contribution in [0.2, 0.25) is 0 Å². The Morgan fingerprint density at radius 1 is 1.03 bits per heavy atom. The van der Waals surface area contributed by atoms with Gasteiger partial charge in [0.15, 0.2) is 0 Å². The monoisotopic (exact) mass is 493 g/mol. The van der Waals surface area contributed by atoms with Gasteiger partial charge in [0.25, 0.3) is 0 Å². The Kier molecular flexibility index (Phi) is 7.83. The minimum atomic E-state index is -3.56. The molecule has 1 fully saturated rings. The standard InChI is InChI=1S/C27H31N3O4S/c1-20-8-9-25(21(2)16-20)35(32,33)30-14-11-24(12-15-30)27(31)29-18-23-10-13-28-26(17-23)34-19-22-6-4-3-5-7-22/h3-10,13,16-17,24H,11-12,14-15,18-19H2,1-2H3,(H,29,31). The van der Waals surface area contributed by atoms with Crippen LogP contribution in [0, 0.1) is 19.8 Å². The van der Waals surface area contributed by atoms with Crippen LogP contribution in [0.4, 0.5) is 0 Å². The summed E-state index contributed by atoms with van der Waals surface area (Å²) in [6.45, 7) is 5.22. The third-order valence-corrected chi connectivity index (χ3v) is 8.33. The fourth-order valence-corrected chi connectivity index (χ4v) is 5.97. The molecule has 2 heterocycles. The fraction of sp³-hybridized carbons (Fsp3) is 0.333. The molecule has 0 spiro atoms. The van der Waals surface area contributed by atoms with Crippen molar-refractivity contribution in [3.63, 3.8) is 0 Å². The van der Waals surface area contributed by atoms with Crippen molar-refractivity contribution in [1.82, 2.24) is 14.6 Å². The number of nitrogens with one attached hydrogen (secondary N) is 1. The lowest BCUT2D eigenvalue weighted by Crippen LogP contribution is -2.43. The van der Waals surface area contributed by atoms with Crippen LogP contribution in [0.3, 0.4) is 0 Å². The van der Waals surface area contributed by atoms with Crippen molar-refractivity contribution in [2.45, 2.75) is 44.7 Å². The van der Waals surface area contributed by atoms with Crippen LogP contribution in [0.1, 0.15) is 35.1 Å². The molecule has 8 heteroatoms. The van der Waals surface area contributed by atoms with E-state index in [2.05, 4.69) is 10.3 Å². The van der Waals surface area contributed by atoms with E-state index in [0.717, 1.165) is 22.3 Å². The Bertz CT molecular complexity index is 1270. The summed E-state index contributed by atoms with van der Waals surface area (Å²) in [7, 11) is -3.56. The molecule has 0 bridgehead atoms. The lowest BCUT2D eigenvalue weighted by Gasteiger charge is -2.31. The van der Waals surface area contributed by atoms with Gasteiger partial charge in [-0.25, -0.2) is 13.4 Å². The molecule has 35 heavy (non-hydrogen) atoms. The number of hydrogen-bond acceptors (Lipinski definition) is 5. The first-order chi connectivity index (χ1) is 16.8. The molecule has 1 saturated heterocycles. The van der Waals surface area contributed by atoms with Crippen LogP contribution >= 0.6 is 0 Å². The van der Waals surface area contributed by atoms with Gasteiger partial charge in [-0.2, -0.15) is 4.31 Å². The van der Waals surface area contributed by atoms with E-state index in [1.165, 1.54) is 4.31 Å². The summed E-state index contributed by atoms with van der Waals surface area (Å²) in [5, 5.41) is 2.98. The molecule has 3 aromatic rings. The highest BCUT2D eigenvalue weighted by Crippen LogP contribution is 2.26. The predicted octanol–water partition coefficient (Wildman–Crippen LogP) is 3.99. The Hall–Kier alpha value is -3.23. The average molecular weight is 494 g/mol. The number of aromatic nitrogens is 1. The second kappa shape index (κ2) is 11.0. The number of amides is 1. The first-order valence-electron chi connectivity index (χ1n) is 11.8. The summed E-state index contributed by atoms with van der Waals surface area (Å²) in [5.74, 6) is 0.235. The molecule has 0 radical (unpaired) electrons. The van der Waals surface area contributed by atoms with Crippen molar-refractivity contribution < 1.29 is 17.9 Å². The molecule has 184 valence electrons. The number of carbonyl (C=O) groups excluding carboxylic acids is 1. The largest absolute Gasteiger partial charge is 0.473 e. The minimum absolute atomic E-state index is 0.0582. The molecule has 4 rings (SSSR count). The van der Waals surface area contributed by atoms with E-state index in [1.807, 2.05) is 68.4 Å². The number of carbonyl (C=O) groups is 1. The summed E-state index contributed by atoms with van der Waals surface area (Å²) in [5.41, 5.74) is 3.72. The van der Waals surface area contributed by atoms with Crippen LogP contribution in [0.15, 0.2) is 71.8 Å². The normalized spacial score (nSPS) is 15.0. The Morgan fingerprint density at radius 3 is 2.49 bits per heavy atom. The first-order valence-corrected chi connectivity index (χ1v) is 13.2. The van der Waals surface area contributed by atoms with Gasteiger partial charge in [0.2, 0.25) is 21.8 Å². The lowest BCUT2D eigenvalue weighted by molar-refractivity contribution is -0.126. The average Bonchev–Trinajstić information content (AvgIpc) is 2.87. The molecule has 0 atom stereocenters. The molecular weight excluding hydrogens is 462 g/mol. The second-order valence-corrected chi connectivity index (χ2v) is 10.8. The smallest absolute Gasteiger partial charge is 0.243 e. The summed E-state index contributed by atoms with van der Waals surface area (Å²) in [6.07, 6.45) is 2.66. The van der Waals surface area contributed by atoms with E-state index >= 15 is 0 Å². The molecule has 1 aliphatic heterocycles. The Labute approximate surface area is 207 Å². The van der Waals surface area contributed by atoms with E-state index in [4.69, 9.17) is 4.74 Å². The maximum Gasteiger partial charge on any atom is 0.243 e. The van der Waals surface area contributed by atoms with Gasteiger partial charge >= 0.3 is 0 Å². The predicted molar refractivity (Wildman–Crippen MR) is 134 cm³/mol. The summed E-state index contributed by atoms with van der Waals surface area (Å²) in [6, 6.07) is 18.9. The van der Waals surface area contributed by atoms with Gasteiger partial charge in [0, 0.05) is 37.8 Å². The zero-order valence-electron chi connectivity index (χ0n) is 20.1. The zero-order valence-corrected chi connectivity index (χ0v) is 20.9. The Balaban J connectivity index is 1.28. The SMILES string of the molecule is Cc1ccc(S(=O)(=O)N2CCC(C(=O)NCc3ccnc(OCc4ccccc4)c3)CC2)c(C)c1. The maximum absolute atomic E-state index is 13.1. The fourth-order valence-electron chi connectivity index (χ4n) is 4.29. The number of nitrogens with zero attached hydrogens (tertiary/aromatic N) is 2. The second-order valence-electron chi connectivity index (χ2n) is 8.94. The number of ether oxygens (including phenoxy) is 1. The van der Waals surface area contributed by atoms with Crippen molar-refractivity contribution in [3.05, 3.63) is 89.1 Å². The van der Waals surface area contributed by atoms with Gasteiger partial charge in [0.1, 0.15) is 6.61 Å². The maximum atomic E-state index is 13.1. The van der Waals surface area contributed by atoms with Crippen molar-refractivity contribution >= 4 is 15.9 Å². The van der Waals surface area contributed by atoms with Crippen molar-refractivity contribution in [2.75, 3.05) is 13.1 Å². The van der Waals surface area contributed by atoms with Crippen molar-refractivity contribution in [3.8, 4) is 5.88 Å². The van der Waals surface area contributed by atoms with Gasteiger partial charge in [-0.3, -0.25) is 4.79 Å². The topological polar surface area (TPSA) is 88.6 Å². The van der Waals surface area contributed by atoms with Crippen LogP contribution in [-0.2, 0) is 28.0 Å². The van der Waals surface area contributed by atoms with Crippen molar-refractivity contribution in [1.29, 1.82) is 0 Å².